The van der Waals surface area contributed by atoms with E-state index in [-0.39, 0.29) is 0 Å². The number of hydrogen-bond acceptors (Lipinski definition) is 5. The summed E-state index contributed by atoms with van der Waals surface area (Å²) >= 11 is 3.31. The lowest BCUT2D eigenvalue weighted by Gasteiger charge is -1.92. The summed E-state index contributed by atoms with van der Waals surface area (Å²) in [6.45, 7) is 4.05. The topological polar surface area (TPSA) is 50.9 Å². The number of rotatable bonds is 2. The maximum atomic E-state index is 5.38. The zero-order chi connectivity index (χ0) is 10.1. The third-order valence-electron chi connectivity index (χ3n) is 1.98. The quantitative estimate of drug-likeness (QED) is 0.610. The van der Waals surface area contributed by atoms with Gasteiger partial charge in [0, 0.05) is 0 Å². The summed E-state index contributed by atoms with van der Waals surface area (Å²) in [6, 6.07) is 2.10. The molecule has 0 saturated carbocycles. The molecule has 2 aromatic heterocycles. The van der Waals surface area contributed by atoms with E-state index in [0.29, 0.717) is 0 Å². The van der Waals surface area contributed by atoms with Crippen LogP contribution in [0.3, 0.4) is 0 Å². The smallest absolute Gasteiger partial charge is 0.135 e. The van der Waals surface area contributed by atoms with E-state index in [2.05, 4.69) is 28.8 Å². The SMILES string of the molecule is Cc1ccsc1-c1nc(C)c(NN)s1. The number of nitrogens with zero attached hydrogens (tertiary/aromatic N) is 1. The van der Waals surface area contributed by atoms with E-state index in [4.69, 9.17) is 5.84 Å². The average Bonchev–Trinajstić information content (AvgIpc) is 2.71. The number of hydrazine groups is 1. The first-order chi connectivity index (χ1) is 6.72. The van der Waals surface area contributed by atoms with Gasteiger partial charge in [-0.1, -0.05) is 11.3 Å². The molecule has 0 aliphatic heterocycles. The fourth-order valence-corrected chi connectivity index (χ4v) is 3.18. The molecule has 74 valence electrons. The fourth-order valence-electron chi connectivity index (χ4n) is 1.22. The molecule has 0 amide bonds. The number of thiazole rings is 1. The lowest BCUT2D eigenvalue weighted by molar-refractivity contribution is 1.24. The Labute approximate surface area is 90.6 Å². The number of nitrogens with two attached hydrogens (primary N) is 1. The summed E-state index contributed by atoms with van der Waals surface area (Å²) in [4.78, 5) is 5.71. The first-order valence-electron chi connectivity index (χ1n) is 4.21. The monoisotopic (exact) mass is 225 g/mol. The van der Waals surface area contributed by atoms with Crippen molar-refractivity contribution in [2.45, 2.75) is 13.8 Å². The summed E-state index contributed by atoms with van der Waals surface area (Å²) < 4.78 is 0. The van der Waals surface area contributed by atoms with Gasteiger partial charge in [0.15, 0.2) is 0 Å². The van der Waals surface area contributed by atoms with Crippen molar-refractivity contribution < 1.29 is 0 Å². The minimum Gasteiger partial charge on any atom is -0.314 e. The van der Waals surface area contributed by atoms with Crippen LogP contribution in [0.5, 0.6) is 0 Å². The van der Waals surface area contributed by atoms with Gasteiger partial charge in [0.25, 0.3) is 0 Å². The Hall–Kier alpha value is -0.910. The number of anilines is 1. The molecule has 2 rings (SSSR count). The van der Waals surface area contributed by atoms with Gasteiger partial charge in [0.2, 0.25) is 0 Å². The summed E-state index contributed by atoms with van der Waals surface area (Å²) in [6.07, 6.45) is 0. The van der Waals surface area contributed by atoms with Crippen molar-refractivity contribution in [3.63, 3.8) is 0 Å². The molecule has 0 atom stereocenters. The van der Waals surface area contributed by atoms with E-state index >= 15 is 0 Å². The molecule has 0 aromatic carbocycles. The Morgan fingerprint density at radius 3 is 2.71 bits per heavy atom. The van der Waals surface area contributed by atoms with Crippen molar-refractivity contribution in [2.75, 3.05) is 5.43 Å². The van der Waals surface area contributed by atoms with Gasteiger partial charge in [-0.2, -0.15) is 0 Å². The predicted molar refractivity (Wildman–Crippen MR) is 62.7 cm³/mol. The van der Waals surface area contributed by atoms with Crippen LogP contribution < -0.4 is 11.3 Å². The molecule has 2 heterocycles. The van der Waals surface area contributed by atoms with E-state index < -0.39 is 0 Å². The highest BCUT2D eigenvalue weighted by molar-refractivity contribution is 7.23. The summed E-state index contributed by atoms with van der Waals surface area (Å²) in [5.74, 6) is 5.38. The van der Waals surface area contributed by atoms with E-state index in [9.17, 15) is 0 Å². The van der Waals surface area contributed by atoms with Gasteiger partial charge in [0.1, 0.15) is 10.0 Å². The molecule has 0 saturated heterocycles. The van der Waals surface area contributed by atoms with Gasteiger partial charge >= 0.3 is 0 Å². The van der Waals surface area contributed by atoms with Gasteiger partial charge < -0.3 is 5.43 Å². The minimum absolute atomic E-state index is 0.938. The van der Waals surface area contributed by atoms with E-state index in [1.54, 1.807) is 22.7 Å². The zero-order valence-corrected chi connectivity index (χ0v) is 9.63. The van der Waals surface area contributed by atoms with Gasteiger partial charge in [0.05, 0.1) is 10.6 Å². The highest BCUT2D eigenvalue weighted by atomic mass is 32.1. The van der Waals surface area contributed by atoms with Gasteiger partial charge in [-0.15, -0.1) is 11.3 Å². The molecule has 2 aromatic rings. The van der Waals surface area contributed by atoms with Crippen molar-refractivity contribution in [2.24, 2.45) is 5.84 Å². The molecule has 0 fully saturated rings. The van der Waals surface area contributed by atoms with E-state index in [1.807, 2.05) is 6.92 Å². The highest BCUT2D eigenvalue weighted by Crippen LogP contribution is 2.35. The second kappa shape index (κ2) is 3.68. The number of nitrogen functional groups attached to an aromatic ring is 1. The molecule has 0 aliphatic rings. The zero-order valence-electron chi connectivity index (χ0n) is 8.00. The third-order valence-corrected chi connectivity index (χ3v) is 4.24. The standard InChI is InChI=1S/C9H11N3S2/c1-5-3-4-13-7(5)9-11-6(2)8(12-10)14-9/h3-4,12H,10H2,1-2H3. The second-order valence-electron chi connectivity index (χ2n) is 3.01. The Balaban J connectivity index is 2.47. The summed E-state index contributed by atoms with van der Waals surface area (Å²) in [5.41, 5.74) is 4.89. The molecule has 3 N–H and O–H groups in total. The van der Waals surface area contributed by atoms with Crippen LogP contribution in [0.2, 0.25) is 0 Å². The predicted octanol–water partition coefficient (Wildman–Crippen LogP) is 2.77. The number of nitrogens with one attached hydrogen (secondary N) is 1. The van der Waals surface area contributed by atoms with Crippen molar-refractivity contribution in [1.82, 2.24) is 4.98 Å². The number of aromatic nitrogens is 1. The molecule has 0 spiro atoms. The Kier molecular flexibility index (Phi) is 2.54. The maximum Gasteiger partial charge on any atom is 0.135 e. The van der Waals surface area contributed by atoms with Crippen molar-refractivity contribution in [1.29, 1.82) is 0 Å². The molecule has 0 bridgehead atoms. The largest absolute Gasteiger partial charge is 0.314 e. The number of thiophene rings is 1. The van der Waals surface area contributed by atoms with Crippen LogP contribution in [0.4, 0.5) is 5.00 Å². The van der Waals surface area contributed by atoms with E-state index in [0.717, 1.165) is 15.7 Å². The summed E-state index contributed by atoms with van der Waals surface area (Å²) in [7, 11) is 0. The van der Waals surface area contributed by atoms with Gasteiger partial charge in [-0.3, -0.25) is 0 Å². The first kappa shape index (κ1) is 9.64. The molecule has 0 aliphatic carbocycles. The minimum atomic E-state index is 0.938. The van der Waals surface area contributed by atoms with Crippen LogP contribution in [0.25, 0.3) is 9.88 Å². The molecule has 5 heteroatoms. The molecule has 14 heavy (non-hydrogen) atoms. The van der Waals surface area contributed by atoms with Crippen LogP contribution >= 0.6 is 22.7 Å². The Morgan fingerprint density at radius 2 is 2.21 bits per heavy atom. The van der Waals surface area contributed by atoms with Crippen molar-refractivity contribution in [3.8, 4) is 9.88 Å². The molecular formula is C9H11N3S2. The van der Waals surface area contributed by atoms with Crippen LogP contribution in [0.15, 0.2) is 11.4 Å². The fraction of sp³-hybridized carbons (Fsp3) is 0.222. The highest BCUT2D eigenvalue weighted by Gasteiger charge is 2.11. The Morgan fingerprint density at radius 1 is 1.43 bits per heavy atom. The van der Waals surface area contributed by atoms with Gasteiger partial charge in [-0.25, -0.2) is 10.8 Å². The summed E-state index contributed by atoms with van der Waals surface area (Å²) in [5, 5.41) is 4.06. The lowest BCUT2D eigenvalue weighted by atomic mass is 10.3. The second-order valence-corrected chi connectivity index (χ2v) is 4.93. The number of hydrogen-bond donors (Lipinski definition) is 2. The van der Waals surface area contributed by atoms with Crippen LogP contribution in [0, 0.1) is 13.8 Å². The Bertz CT molecular complexity index is 445. The van der Waals surface area contributed by atoms with E-state index in [1.165, 1.54) is 10.4 Å². The lowest BCUT2D eigenvalue weighted by Crippen LogP contribution is -2.05. The normalized spacial score (nSPS) is 10.5. The molecule has 0 unspecified atom stereocenters. The van der Waals surface area contributed by atoms with Crippen LogP contribution in [-0.4, -0.2) is 4.98 Å². The van der Waals surface area contributed by atoms with Crippen molar-refractivity contribution >= 4 is 27.7 Å². The third kappa shape index (κ3) is 1.54. The van der Waals surface area contributed by atoms with Crippen molar-refractivity contribution in [3.05, 3.63) is 22.7 Å². The molecular weight excluding hydrogens is 214 g/mol. The maximum absolute atomic E-state index is 5.38. The van der Waals surface area contributed by atoms with Gasteiger partial charge in [-0.05, 0) is 30.9 Å². The van der Waals surface area contributed by atoms with Crippen LogP contribution in [-0.2, 0) is 0 Å². The molecule has 0 radical (unpaired) electrons. The first-order valence-corrected chi connectivity index (χ1v) is 5.90. The average molecular weight is 225 g/mol. The number of aryl methyl sites for hydroxylation is 2. The van der Waals surface area contributed by atoms with Crippen LogP contribution in [0.1, 0.15) is 11.3 Å². The molecule has 3 nitrogen and oxygen atoms in total.